The first kappa shape index (κ1) is 10.5. The highest BCUT2D eigenvalue weighted by Gasteiger charge is 2.18. The van der Waals surface area contributed by atoms with Crippen molar-refractivity contribution in [3.05, 3.63) is 23.7 Å². The van der Waals surface area contributed by atoms with Crippen molar-refractivity contribution in [3.8, 4) is 0 Å². The largest absolute Gasteiger partial charge is 0.505 e. The Morgan fingerprint density at radius 2 is 2.21 bits per heavy atom. The van der Waals surface area contributed by atoms with Crippen molar-refractivity contribution in [2.45, 2.75) is 6.04 Å². The van der Waals surface area contributed by atoms with E-state index in [1.54, 1.807) is 0 Å². The van der Waals surface area contributed by atoms with Crippen LogP contribution >= 0.6 is 0 Å². The van der Waals surface area contributed by atoms with Gasteiger partial charge in [0.05, 0.1) is 0 Å². The number of carboxylic acid groups (broad SMARTS) is 1. The first-order chi connectivity index (χ1) is 6.50. The Morgan fingerprint density at radius 3 is 2.71 bits per heavy atom. The lowest BCUT2D eigenvalue weighted by atomic mass is 9.87. The van der Waals surface area contributed by atoms with Crippen LogP contribution in [0, 0.1) is 0 Å². The van der Waals surface area contributed by atoms with Crippen molar-refractivity contribution in [1.29, 1.82) is 0 Å². The number of hydrogen-bond donors (Lipinski definition) is 4. The van der Waals surface area contributed by atoms with Crippen molar-refractivity contribution in [1.82, 2.24) is 4.81 Å². The molecule has 0 spiro atoms. The Hall–Kier alpha value is -1.63. The number of nitrogens with two attached hydrogens (primary N) is 1. The third-order valence-corrected chi connectivity index (χ3v) is 1.83. The molecule has 0 saturated carbocycles. The summed E-state index contributed by atoms with van der Waals surface area (Å²) >= 11 is 0. The molecule has 7 heteroatoms. The Balaban J connectivity index is 2.54. The van der Waals surface area contributed by atoms with Gasteiger partial charge in [0.15, 0.2) is 5.76 Å². The Morgan fingerprint density at radius 1 is 1.57 bits per heavy atom. The maximum absolute atomic E-state index is 10.4. The highest BCUT2D eigenvalue weighted by atomic mass is 16.4. The summed E-state index contributed by atoms with van der Waals surface area (Å²) in [4.78, 5) is 11.9. The summed E-state index contributed by atoms with van der Waals surface area (Å²) in [5.74, 6) is -0.208. The molecule has 0 aromatic heterocycles. The van der Waals surface area contributed by atoms with Gasteiger partial charge in [0.25, 0.3) is 7.41 Å². The summed E-state index contributed by atoms with van der Waals surface area (Å²) in [7, 11) is 0.330. The van der Waals surface area contributed by atoms with Gasteiger partial charge in [0.1, 0.15) is 11.8 Å². The first-order valence-corrected chi connectivity index (χ1v) is 4.03. The molecule has 1 atom stereocenters. The fourth-order valence-corrected chi connectivity index (χ4v) is 1.06. The second-order valence-electron chi connectivity index (χ2n) is 3.00. The second-order valence-corrected chi connectivity index (χ2v) is 3.00. The van der Waals surface area contributed by atoms with Gasteiger partial charge in [-0.05, 0) is 0 Å². The Labute approximate surface area is 81.2 Å². The molecule has 76 valence electrons. The standard InChI is InChI=1S/C7H11BN2O4/c9-4(7(13)14)2-10-3-6(12)5(11)1-8-10/h1,3-4,8,11-12H,2,9H2,(H,13,14). The van der Waals surface area contributed by atoms with Crippen LogP contribution in [0.1, 0.15) is 0 Å². The number of hydrogen-bond acceptors (Lipinski definition) is 5. The molecule has 5 N–H and O–H groups in total. The molecule has 1 aliphatic rings. The summed E-state index contributed by atoms with van der Waals surface area (Å²) in [6.45, 7) is 0.0865. The highest BCUT2D eigenvalue weighted by molar-refractivity contribution is 6.40. The molecule has 0 saturated heterocycles. The summed E-state index contributed by atoms with van der Waals surface area (Å²) in [6, 6.07) is -1.01. The zero-order valence-corrected chi connectivity index (χ0v) is 7.42. The first-order valence-electron chi connectivity index (χ1n) is 4.03. The van der Waals surface area contributed by atoms with Crippen LogP contribution in [0.3, 0.4) is 0 Å². The summed E-state index contributed by atoms with van der Waals surface area (Å²) < 4.78 is 0. The molecule has 0 fully saturated rings. The van der Waals surface area contributed by atoms with Crippen molar-refractivity contribution in [2.75, 3.05) is 6.54 Å². The summed E-state index contributed by atoms with van der Waals surface area (Å²) in [5.41, 5.74) is 5.29. The van der Waals surface area contributed by atoms with E-state index in [1.165, 1.54) is 17.0 Å². The van der Waals surface area contributed by atoms with Crippen LogP contribution in [-0.4, -0.2) is 46.1 Å². The topological polar surface area (TPSA) is 107 Å². The lowest BCUT2D eigenvalue weighted by Crippen LogP contribution is -2.42. The van der Waals surface area contributed by atoms with Crippen molar-refractivity contribution in [2.24, 2.45) is 5.73 Å². The van der Waals surface area contributed by atoms with Gasteiger partial charge in [0.2, 0.25) is 0 Å². The molecule has 0 amide bonds. The third kappa shape index (κ3) is 2.43. The lowest BCUT2D eigenvalue weighted by molar-refractivity contribution is -0.138. The predicted molar refractivity (Wildman–Crippen MR) is 50.9 cm³/mol. The fourth-order valence-electron chi connectivity index (χ4n) is 1.06. The van der Waals surface area contributed by atoms with Gasteiger partial charge in [-0.2, -0.15) is 0 Å². The molecule has 0 bridgehead atoms. The van der Waals surface area contributed by atoms with E-state index in [-0.39, 0.29) is 18.1 Å². The van der Waals surface area contributed by atoms with Crippen LogP contribution in [0.15, 0.2) is 23.7 Å². The molecule has 1 unspecified atom stereocenters. The highest BCUT2D eigenvalue weighted by Crippen LogP contribution is 2.09. The van der Waals surface area contributed by atoms with Crippen LogP contribution < -0.4 is 5.73 Å². The molecule has 0 aromatic carbocycles. The number of aliphatic hydroxyl groups is 2. The third-order valence-electron chi connectivity index (χ3n) is 1.83. The van der Waals surface area contributed by atoms with Crippen LogP contribution in [0.2, 0.25) is 0 Å². The Kier molecular flexibility index (Phi) is 3.03. The minimum absolute atomic E-state index is 0.0865. The zero-order chi connectivity index (χ0) is 10.7. The van der Waals surface area contributed by atoms with Crippen LogP contribution in [0.5, 0.6) is 0 Å². The quantitative estimate of drug-likeness (QED) is 0.427. The van der Waals surface area contributed by atoms with Gasteiger partial charge >= 0.3 is 5.97 Å². The second kappa shape index (κ2) is 4.06. The van der Waals surface area contributed by atoms with Gasteiger partial charge in [-0.15, -0.1) is 0 Å². The van der Waals surface area contributed by atoms with Gasteiger partial charge in [-0.1, -0.05) is 5.98 Å². The van der Waals surface area contributed by atoms with Gasteiger partial charge < -0.3 is 25.9 Å². The average molecular weight is 198 g/mol. The molecule has 1 aliphatic heterocycles. The number of rotatable bonds is 3. The average Bonchev–Trinajstić information content (AvgIpc) is 2.11. The summed E-state index contributed by atoms with van der Waals surface area (Å²) in [5, 5.41) is 26.7. The van der Waals surface area contributed by atoms with Crippen molar-refractivity contribution >= 4 is 13.4 Å². The maximum atomic E-state index is 10.4. The minimum Gasteiger partial charge on any atom is -0.505 e. The summed E-state index contributed by atoms with van der Waals surface area (Å²) in [6.07, 6.45) is 1.26. The monoisotopic (exact) mass is 198 g/mol. The van der Waals surface area contributed by atoms with Gasteiger partial charge in [-0.25, -0.2) is 0 Å². The van der Waals surface area contributed by atoms with E-state index in [4.69, 9.17) is 21.1 Å². The van der Waals surface area contributed by atoms with Gasteiger partial charge in [0, 0.05) is 12.7 Å². The van der Waals surface area contributed by atoms with E-state index >= 15 is 0 Å². The minimum atomic E-state index is -1.10. The number of aliphatic carboxylic acids is 1. The van der Waals surface area contributed by atoms with Crippen molar-refractivity contribution < 1.29 is 20.1 Å². The van der Waals surface area contributed by atoms with E-state index in [2.05, 4.69) is 0 Å². The van der Waals surface area contributed by atoms with Crippen LogP contribution in [0.4, 0.5) is 0 Å². The van der Waals surface area contributed by atoms with E-state index in [1.807, 2.05) is 0 Å². The molecule has 14 heavy (non-hydrogen) atoms. The Bertz CT molecular complexity index is 302. The molecular formula is C7H11BN2O4. The van der Waals surface area contributed by atoms with Crippen LogP contribution in [-0.2, 0) is 4.79 Å². The normalized spacial score (nSPS) is 17.9. The number of aliphatic hydroxyl groups excluding tert-OH is 2. The number of nitrogens with zero attached hydrogens (tertiary/aromatic N) is 1. The predicted octanol–water partition coefficient (Wildman–Crippen LogP) is -1.14. The molecular weight excluding hydrogens is 187 g/mol. The SMILES string of the molecule is NC(CN1BC=C(O)C(O)=C1)C(=O)O. The van der Waals surface area contributed by atoms with E-state index in [0.29, 0.717) is 7.41 Å². The molecule has 1 heterocycles. The lowest BCUT2D eigenvalue weighted by Gasteiger charge is -2.23. The zero-order valence-electron chi connectivity index (χ0n) is 7.42. The van der Waals surface area contributed by atoms with E-state index < -0.39 is 12.0 Å². The molecule has 0 aromatic rings. The molecule has 1 rings (SSSR count). The number of carbonyl (C=O) groups is 1. The molecule has 0 radical (unpaired) electrons. The number of carboxylic acids is 1. The molecule has 6 nitrogen and oxygen atoms in total. The fraction of sp³-hybridized carbons (Fsp3) is 0.286. The van der Waals surface area contributed by atoms with Crippen molar-refractivity contribution in [3.63, 3.8) is 0 Å². The van der Waals surface area contributed by atoms with Crippen LogP contribution in [0.25, 0.3) is 0 Å². The molecule has 0 aliphatic carbocycles. The van der Waals surface area contributed by atoms with E-state index in [9.17, 15) is 4.79 Å². The maximum Gasteiger partial charge on any atom is 0.322 e. The smallest absolute Gasteiger partial charge is 0.322 e. The van der Waals surface area contributed by atoms with Gasteiger partial charge in [-0.3, -0.25) is 4.79 Å². The van der Waals surface area contributed by atoms with E-state index in [0.717, 1.165) is 0 Å².